The van der Waals surface area contributed by atoms with Crippen LogP contribution in [-0.2, 0) is 25.4 Å². The van der Waals surface area contributed by atoms with Gasteiger partial charge in [0.15, 0.2) is 24.9 Å². The van der Waals surface area contributed by atoms with E-state index in [0.29, 0.717) is 18.9 Å². The Morgan fingerprint density at radius 3 is 1.80 bits per heavy atom. The predicted molar refractivity (Wildman–Crippen MR) is 154 cm³/mol. The Morgan fingerprint density at radius 2 is 1.22 bits per heavy atom. The molecule has 6 unspecified atom stereocenters. The molecule has 0 aromatic heterocycles. The summed E-state index contributed by atoms with van der Waals surface area (Å²) >= 11 is 0. The van der Waals surface area contributed by atoms with Crippen LogP contribution in [-0.4, -0.2) is 63.5 Å². The highest BCUT2D eigenvalue weighted by molar-refractivity contribution is 5.31. The molecule has 0 aliphatic carbocycles. The molecule has 0 radical (unpaired) electrons. The molecule has 1 saturated heterocycles. The molecule has 6 atom stereocenters. The smallest absolute Gasteiger partial charge is 0.193 e. The van der Waals surface area contributed by atoms with Crippen LogP contribution in [0.5, 0.6) is 0 Å². The second-order valence-electron chi connectivity index (χ2n) is 10.3. The van der Waals surface area contributed by atoms with Crippen LogP contribution in [0.25, 0.3) is 0 Å². The summed E-state index contributed by atoms with van der Waals surface area (Å²) in [7, 11) is 0. The molecule has 6 heterocycles. The third kappa shape index (κ3) is 4.73. The van der Waals surface area contributed by atoms with Crippen LogP contribution in [0.2, 0.25) is 0 Å². The molecule has 9 nitrogen and oxygen atoms in total. The van der Waals surface area contributed by atoms with Gasteiger partial charge in [0.25, 0.3) is 0 Å². The molecule has 1 aromatic rings. The summed E-state index contributed by atoms with van der Waals surface area (Å²) in [5.74, 6) is 0.622. The van der Waals surface area contributed by atoms with Crippen LogP contribution in [0.3, 0.4) is 0 Å². The van der Waals surface area contributed by atoms with Gasteiger partial charge in [0, 0.05) is 6.42 Å². The highest BCUT2D eigenvalue weighted by Crippen LogP contribution is 2.43. The molecule has 2 N–H and O–H groups in total. The van der Waals surface area contributed by atoms with Gasteiger partial charge in [0.05, 0.1) is 43.6 Å². The summed E-state index contributed by atoms with van der Waals surface area (Å²) in [5, 5.41) is 0. The van der Waals surface area contributed by atoms with Gasteiger partial charge in [-0.05, 0) is 54.2 Å². The summed E-state index contributed by atoms with van der Waals surface area (Å²) in [5.41, 5.74) is 9.33. The van der Waals surface area contributed by atoms with Crippen molar-refractivity contribution in [2.24, 2.45) is 5.73 Å². The Kier molecular flexibility index (Phi) is 6.88. The third-order valence-corrected chi connectivity index (χ3v) is 7.87. The van der Waals surface area contributed by atoms with Crippen LogP contribution in [0.15, 0.2) is 140 Å². The van der Waals surface area contributed by atoms with Gasteiger partial charge in [0.1, 0.15) is 12.0 Å². The van der Waals surface area contributed by atoms with Crippen molar-refractivity contribution in [1.29, 1.82) is 0 Å². The van der Waals surface area contributed by atoms with Gasteiger partial charge in [-0.1, -0.05) is 54.6 Å². The number of hydrogen-bond acceptors (Lipinski definition) is 9. The third-order valence-electron chi connectivity index (χ3n) is 7.87. The topological polar surface area (TPSA) is 75.9 Å². The standard InChI is InChI=1S/C32H33N5O4/c33-31-30-32(35(27-15-5-9-19-39-27)23-34(30)26-14-4-8-18-38-26)37(29-17-7-11-21-41-29)25(22-24-12-2-1-3-13-24)36(31)28-16-6-10-20-40-28/h1-21,25-29,32H,22-23,33H2. The average molecular weight is 552 g/mol. The van der Waals surface area contributed by atoms with E-state index in [-0.39, 0.29) is 31.0 Å². The van der Waals surface area contributed by atoms with E-state index in [1.54, 1.807) is 25.0 Å². The lowest BCUT2D eigenvalue weighted by molar-refractivity contribution is -0.154. The van der Waals surface area contributed by atoms with Gasteiger partial charge in [0.2, 0.25) is 0 Å². The molecule has 0 bridgehead atoms. The zero-order valence-corrected chi connectivity index (χ0v) is 22.5. The highest BCUT2D eigenvalue weighted by Gasteiger charge is 2.55. The van der Waals surface area contributed by atoms with Gasteiger partial charge >= 0.3 is 0 Å². The minimum Gasteiger partial charge on any atom is -0.479 e. The van der Waals surface area contributed by atoms with Crippen molar-refractivity contribution in [2.45, 2.75) is 43.7 Å². The van der Waals surface area contributed by atoms with E-state index in [2.05, 4.69) is 56.0 Å². The summed E-state index contributed by atoms with van der Waals surface area (Å²) in [6.45, 7) is 0.516. The summed E-state index contributed by atoms with van der Waals surface area (Å²) < 4.78 is 24.7. The summed E-state index contributed by atoms with van der Waals surface area (Å²) in [6, 6.07) is 10.4. The number of fused-ring (bicyclic) bond motifs is 1. The number of hydrogen-bond donors (Lipinski definition) is 1. The van der Waals surface area contributed by atoms with Crippen LogP contribution in [0, 0.1) is 0 Å². The number of nitrogens with zero attached hydrogens (tertiary/aromatic N) is 4. The highest BCUT2D eigenvalue weighted by atomic mass is 16.5. The van der Waals surface area contributed by atoms with Crippen molar-refractivity contribution in [1.82, 2.24) is 19.6 Å². The van der Waals surface area contributed by atoms with Crippen LogP contribution < -0.4 is 5.73 Å². The number of allylic oxidation sites excluding steroid dienone is 8. The molecule has 41 heavy (non-hydrogen) atoms. The molecule has 1 fully saturated rings. The number of ether oxygens (including phenoxy) is 4. The Labute approximate surface area is 240 Å². The fraction of sp³-hybridized carbons (Fsp3) is 0.250. The van der Waals surface area contributed by atoms with Gasteiger partial charge in [-0.2, -0.15) is 0 Å². The Balaban J connectivity index is 1.40. The van der Waals surface area contributed by atoms with E-state index in [1.807, 2.05) is 66.8 Å². The summed E-state index contributed by atoms with van der Waals surface area (Å²) in [6.07, 6.45) is 29.3. The SMILES string of the molecule is NC1=C2C(N(C3C=CC=CO3)CN2C2C=CC=CO2)N(C2C=CC=CO2)C(Cc2ccccc2)N1C1C=CC=CO1. The number of nitrogens with two attached hydrogens (primary N) is 1. The minimum absolute atomic E-state index is 0.235. The van der Waals surface area contributed by atoms with Gasteiger partial charge in [-0.25, -0.2) is 9.80 Å². The Morgan fingerprint density at radius 1 is 0.659 bits per heavy atom. The largest absolute Gasteiger partial charge is 0.479 e. The maximum absolute atomic E-state index is 7.25. The van der Waals surface area contributed by atoms with Crippen molar-refractivity contribution in [3.63, 3.8) is 0 Å². The predicted octanol–water partition coefficient (Wildman–Crippen LogP) is 3.91. The first kappa shape index (κ1) is 25.4. The van der Waals surface area contributed by atoms with Crippen molar-refractivity contribution in [3.8, 4) is 0 Å². The van der Waals surface area contributed by atoms with Crippen molar-refractivity contribution in [2.75, 3.05) is 6.67 Å². The number of rotatable bonds is 6. The lowest BCUT2D eigenvalue weighted by Gasteiger charge is -2.53. The second kappa shape index (κ2) is 11.1. The quantitative estimate of drug-likeness (QED) is 0.567. The zero-order chi connectivity index (χ0) is 27.6. The fourth-order valence-electron chi connectivity index (χ4n) is 6.10. The van der Waals surface area contributed by atoms with Crippen molar-refractivity contribution >= 4 is 0 Å². The van der Waals surface area contributed by atoms with Crippen molar-refractivity contribution < 1.29 is 18.9 Å². The maximum Gasteiger partial charge on any atom is 0.193 e. The van der Waals surface area contributed by atoms with E-state index < -0.39 is 6.23 Å². The first-order valence-corrected chi connectivity index (χ1v) is 13.9. The maximum atomic E-state index is 7.25. The van der Waals surface area contributed by atoms with E-state index in [4.69, 9.17) is 24.7 Å². The van der Waals surface area contributed by atoms with E-state index in [1.165, 1.54) is 5.56 Å². The van der Waals surface area contributed by atoms with Crippen LogP contribution in [0.4, 0.5) is 0 Å². The van der Waals surface area contributed by atoms with E-state index in [9.17, 15) is 0 Å². The number of benzene rings is 1. The van der Waals surface area contributed by atoms with E-state index >= 15 is 0 Å². The molecule has 0 saturated carbocycles. The van der Waals surface area contributed by atoms with Gasteiger partial charge in [-0.3, -0.25) is 0 Å². The molecule has 210 valence electrons. The minimum atomic E-state index is -0.417. The van der Waals surface area contributed by atoms with Gasteiger partial charge < -0.3 is 34.5 Å². The Bertz CT molecular complexity index is 1390. The molecular formula is C32H33N5O4. The molecule has 0 spiro atoms. The molecule has 1 aromatic carbocycles. The monoisotopic (exact) mass is 551 g/mol. The molecule has 9 heteroatoms. The van der Waals surface area contributed by atoms with Gasteiger partial charge in [-0.15, -0.1) is 0 Å². The average Bonchev–Trinajstić information content (AvgIpc) is 3.44. The lowest BCUT2D eigenvalue weighted by Crippen LogP contribution is -2.67. The fourth-order valence-corrected chi connectivity index (χ4v) is 6.10. The lowest BCUT2D eigenvalue weighted by atomic mass is 10.0. The van der Waals surface area contributed by atoms with Crippen molar-refractivity contribution in [3.05, 3.63) is 145 Å². The Hall–Kier alpha value is -4.60. The molecule has 7 rings (SSSR count). The molecule has 0 amide bonds. The first-order chi connectivity index (χ1) is 20.3. The molecular weight excluding hydrogens is 518 g/mol. The normalized spacial score (nSPS) is 32.1. The van der Waals surface area contributed by atoms with Crippen LogP contribution >= 0.6 is 0 Å². The summed E-state index contributed by atoms with van der Waals surface area (Å²) in [4.78, 5) is 9.01. The van der Waals surface area contributed by atoms with Crippen LogP contribution in [0.1, 0.15) is 5.56 Å². The van der Waals surface area contributed by atoms with E-state index in [0.717, 1.165) is 5.70 Å². The molecule has 6 aliphatic heterocycles. The molecule has 6 aliphatic rings. The second-order valence-corrected chi connectivity index (χ2v) is 10.3. The zero-order valence-electron chi connectivity index (χ0n) is 22.5. The first-order valence-electron chi connectivity index (χ1n) is 13.9.